The third kappa shape index (κ3) is 3.25. The summed E-state index contributed by atoms with van der Waals surface area (Å²) in [4.78, 5) is 0. The molecule has 25 heavy (non-hydrogen) atoms. The van der Waals surface area contributed by atoms with Gasteiger partial charge in [-0.15, -0.1) is 0 Å². The van der Waals surface area contributed by atoms with E-state index in [-0.39, 0.29) is 17.1 Å². The summed E-state index contributed by atoms with van der Waals surface area (Å²) in [5.41, 5.74) is 2.72. The van der Waals surface area contributed by atoms with Crippen LogP contribution in [0.1, 0.15) is 12.5 Å². The van der Waals surface area contributed by atoms with Crippen LogP contribution < -0.4 is 4.74 Å². The van der Waals surface area contributed by atoms with Crippen molar-refractivity contribution in [1.82, 2.24) is 0 Å². The van der Waals surface area contributed by atoms with Gasteiger partial charge in [-0.3, -0.25) is 0 Å². The number of hydrogen-bond acceptors (Lipinski definition) is 1. The van der Waals surface area contributed by atoms with E-state index in [1.807, 2.05) is 13.0 Å². The smallest absolute Gasteiger partial charge is 0.201 e. The van der Waals surface area contributed by atoms with Gasteiger partial charge in [0.1, 0.15) is 5.82 Å². The fraction of sp³-hybridized carbons (Fsp3) is 0.143. The van der Waals surface area contributed by atoms with Crippen LogP contribution in [-0.2, 0) is 6.42 Å². The maximum Gasteiger partial charge on any atom is 0.201 e. The van der Waals surface area contributed by atoms with Crippen LogP contribution in [0.5, 0.6) is 5.75 Å². The molecule has 0 radical (unpaired) electrons. The van der Waals surface area contributed by atoms with Crippen molar-refractivity contribution in [3.63, 3.8) is 0 Å². The van der Waals surface area contributed by atoms with Crippen LogP contribution in [0.15, 0.2) is 54.6 Å². The molecular formula is C21H17F3O. The topological polar surface area (TPSA) is 9.23 Å². The highest BCUT2D eigenvalue weighted by atomic mass is 19.2. The highest BCUT2D eigenvalue weighted by Crippen LogP contribution is 2.31. The quantitative estimate of drug-likeness (QED) is 0.564. The SMILES string of the molecule is CCc1ccc(-c2ccc(-c3ccc(OC)c(F)c3F)cc2)c(F)c1. The van der Waals surface area contributed by atoms with Crippen molar-refractivity contribution in [3.05, 3.63) is 77.6 Å². The molecule has 0 N–H and O–H groups in total. The van der Waals surface area contributed by atoms with E-state index in [0.29, 0.717) is 16.7 Å². The number of halogens is 3. The first kappa shape index (κ1) is 17.1. The maximum absolute atomic E-state index is 14.2. The highest BCUT2D eigenvalue weighted by Gasteiger charge is 2.15. The van der Waals surface area contributed by atoms with E-state index < -0.39 is 11.6 Å². The molecule has 0 unspecified atom stereocenters. The Morgan fingerprint density at radius 2 is 1.36 bits per heavy atom. The Morgan fingerprint density at radius 3 is 1.92 bits per heavy atom. The number of benzene rings is 3. The van der Waals surface area contributed by atoms with Crippen LogP contribution in [0.25, 0.3) is 22.3 Å². The van der Waals surface area contributed by atoms with Crippen LogP contribution in [0.2, 0.25) is 0 Å². The van der Waals surface area contributed by atoms with Crippen molar-refractivity contribution in [2.24, 2.45) is 0 Å². The van der Waals surface area contributed by atoms with Gasteiger partial charge in [-0.2, -0.15) is 4.39 Å². The predicted molar refractivity (Wildman–Crippen MR) is 93.1 cm³/mol. The molecule has 1 nitrogen and oxygen atoms in total. The molecule has 0 fully saturated rings. The summed E-state index contributed by atoms with van der Waals surface area (Å²) < 4.78 is 47.1. The first-order valence-electron chi connectivity index (χ1n) is 7.96. The minimum absolute atomic E-state index is 0.131. The van der Waals surface area contributed by atoms with Crippen LogP contribution in [0.3, 0.4) is 0 Å². The summed E-state index contributed by atoms with van der Waals surface area (Å²) >= 11 is 0. The Morgan fingerprint density at radius 1 is 0.760 bits per heavy atom. The lowest BCUT2D eigenvalue weighted by molar-refractivity contribution is 0.372. The van der Waals surface area contributed by atoms with Crippen molar-refractivity contribution < 1.29 is 17.9 Å². The number of methoxy groups -OCH3 is 1. The van der Waals surface area contributed by atoms with Gasteiger partial charge in [0.05, 0.1) is 7.11 Å². The lowest BCUT2D eigenvalue weighted by Gasteiger charge is -2.10. The van der Waals surface area contributed by atoms with Gasteiger partial charge in [-0.05, 0) is 41.3 Å². The van der Waals surface area contributed by atoms with Gasteiger partial charge in [0.15, 0.2) is 11.6 Å². The average molecular weight is 342 g/mol. The molecule has 0 saturated carbocycles. The van der Waals surface area contributed by atoms with E-state index in [9.17, 15) is 13.2 Å². The monoisotopic (exact) mass is 342 g/mol. The molecule has 0 spiro atoms. The van der Waals surface area contributed by atoms with E-state index >= 15 is 0 Å². The third-order valence-electron chi connectivity index (χ3n) is 4.22. The van der Waals surface area contributed by atoms with E-state index in [1.165, 1.54) is 25.3 Å². The van der Waals surface area contributed by atoms with Crippen molar-refractivity contribution in [3.8, 4) is 28.0 Å². The number of aryl methyl sites for hydroxylation is 1. The number of ether oxygens (including phenoxy) is 1. The largest absolute Gasteiger partial charge is 0.494 e. The first-order chi connectivity index (χ1) is 12.0. The molecule has 3 aromatic carbocycles. The molecule has 0 aliphatic rings. The zero-order chi connectivity index (χ0) is 18.0. The summed E-state index contributed by atoms with van der Waals surface area (Å²) in [6, 6.07) is 14.7. The first-order valence-corrected chi connectivity index (χ1v) is 7.96. The summed E-state index contributed by atoms with van der Waals surface area (Å²) in [6.45, 7) is 1.96. The summed E-state index contributed by atoms with van der Waals surface area (Å²) in [5, 5.41) is 0. The number of hydrogen-bond donors (Lipinski definition) is 0. The summed E-state index contributed by atoms with van der Waals surface area (Å²) in [6.07, 6.45) is 0.762. The second-order valence-electron chi connectivity index (χ2n) is 5.69. The molecule has 0 amide bonds. The Kier molecular flexibility index (Phi) is 4.79. The fourth-order valence-electron chi connectivity index (χ4n) is 2.75. The van der Waals surface area contributed by atoms with Crippen molar-refractivity contribution in [2.45, 2.75) is 13.3 Å². The summed E-state index contributed by atoms with van der Waals surface area (Å²) in [7, 11) is 1.28. The fourth-order valence-corrected chi connectivity index (χ4v) is 2.75. The Labute approximate surface area is 144 Å². The maximum atomic E-state index is 14.2. The molecule has 3 rings (SSSR count). The minimum atomic E-state index is -1.02. The standard InChI is InChI=1S/C21H17F3O/c1-3-13-4-9-16(18(22)12-13)14-5-7-15(8-6-14)17-10-11-19(25-2)21(24)20(17)23/h4-12H,3H2,1-2H3. The van der Waals surface area contributed by atoms with Gasteiger partial charge in [0, 0.05) is 11.1 Å². The molecule has 4 heteroatoms. The van der Waals surface area contributed by atoms with E-state index in [2.05, 4.69) is 0 Å². The average Bonchev–Trinajstić information content (AvgIpc) is 2.64. The van der Waals surface area contributed by atoms with Crippen molar-refractivity contribution in [2.75, 3.05) is 7.11 Å². The van der Waals surface area contributed by atoms with Gasteiger partial charge in [0.2, 0.25) is 5.82 Å². The number of rotatable bonds is 4. The molecule has 0 heterocycles. The van der Waals surface area contributed by atoms with Gasteiger partial charge in [-0.25, -0.2) is 8.78 Å². The van der Waals surface area contributed by atoms with E-state index in [1.54, 1.807) is 30.3 Å². The third-order valence-corrected chi connectivity index (χ3v) is 4.22. The molecule has 3 aromatic rings. The second kappa shape index (κ2) is 7.01. The Hall–Kier alpha value is -2.75. The van der Waals surface area contributed by atoms with E-state index in [4.69, 9.17) is 4.74 Å². The lowest BCUT2D eigenvalue weighted by atomic mass is 9.98. The van der Waals surface area contributed by atoms with Crippen LogP contribution >= 0.6 is 0 Å². The molecule has 0 atom stereocenters. The molecule has 128 valence electrons. The zero-order valence-corrected chi connectivity index (χ0v) is 13.9. The molecule has 0 aliphatic heterocycles. The van der Waals surface area contributed by atoms with Crippen molar-refractivity contribution in [1.29, 1.82) is 0 Å². The Balaban J connectivity index is 1.97. The lowest BCUT2D eigenvalue weighted by Crippen LogP contribution is -1.95. The van der Waals surface area contributed by atoms with Gasteiger partial charge < -0.3 is 4.74 Å². The molecule has 0 saturated heterocycles. The minimum Gasteiger partial charge on any atom is -0.494 e. The van der Waals surface area contributed by atoms with Crippen molar-refractivity contribution >= 4 is 0 Å². The van der Waals surface area contributed by atoms with Crippen LogP contribution in [0.4, 0.5) is 13.2 Å². The normalized spacial score (nSPS) is 10.8. The van der Waals surface area contributed by atoms with Gasteiger partial charge in [-0.1, -0.05) is 43.3 Å². The zero-order valence-electron chi connectivity index (χ0n) is 13.9. The molecular weight excluding hydrogens is 325 g/mol. The van der Waals surface area contributed by atoms with Gasteiger partial charge in [0.25, 0.3) is 0 Å². The van der Waals surface area contributed by atoms with E-state index in [0.717, 1.165) is 12.0 Å². The van der Waals surface area contributed by atoms with Crippen LogP contribution in [-0.4, -0.2) is 7.11 Å². The molecule has 0 aromatic heterocycles. The molecule has 0 bridgehead atoms. The predicted octanol–water partition coefficient (Wildman–Crippen LogP) is 6.01. The second-order valence-corrected chi connectivity index (χ2v) is 5.69. The van der Waals surface area contributed by atoms with Crippen LogP contribution in [0, 0.1) is 17.5 Å². The highest BCUT2D eigenvalue weighted by molar-refractivity contribution is 5.71. The summed E-state index contributed by atoms with van der Waals surface area (Å²) in [5.74, 6) is -2.43. The van der Waals surface area contributed by atoms with Gasteiger partial charge >= 0.3 is 0 Å². The Bertz CT molecular complexity index is 902. The molecule has 0 aliphatic carbocycles.